The minimum atomic E-state index is -3.75. The molecule has 4 rings (SSSR count). The Bertz CT molecular complexity index is 1080. The van der Waals surface area contributed by atoms with Crippen LogP contribution in [-0.4, -0.2) is 53.1 Å². The van der Waals surface area contributed by atoms with Crippen LogP contribution in [0.25, 0.3) is 0 Å². The number of nitrogens with zero attached hydrogens (tertiary/aromatic N) is 3. The SMILES string of the molecule is C[N+]1=C2C=CC(S(=O)(=O)NC3(C)CC3)=CC2C(=O)N(Cc2cnc(Cl)s2)C1=O. The maximum absolute atomic E-state index is 13.0. The van der Waals surface area contributed by atoms with Crippen LogP contribution in [0.15, 0.2) is 29.3 Å². The number of nitrogens with one attached hydrogen (secondary N) is 1. The van der Waals surface area contributed by atoms with Gasteiger partial charge in [0.15, 0.2) is 4.47 Å². The van der Waals surface area contributed by atoms with Gasteiger partial charge in [-0.3, -0.25) is 0 Å². The average Bonchev–Trinajstić information content (AvgIpc) is 3.20. The number of allylic oxidation sites excluding steroid dienone is 2. The van der Waals surface area contributed by atoms with Gasteiger partial charge in [-0.15, -0.1) is 11.3 Å². The lowest BCUT2D eigenvalue weighted by atomic mass is 9.94. The summed E-state index contributed by atoms with van der Waals surface area (Å²) in [5.41, 5.74) is 0.0309. The lowest BCUT2D eigenvalue weighted by molar-refractivity contribution is -0.406. The van der Waals surface area contributed by atoms with E-state index in [4.69, 9.17) is 11.6 Å². The molecule has 0 bridgehead atoms. The first kappa shape index (κ1) is 19.4. The zero-order chi connectivity index (χ0) is 20.3. The molecule has 1 atom stereocenters. The zero-order valence-electron chi connectivity index (χ0n) is 15.2. The van der Waals surface area contributed by atoms with E-state index in [0.29, 0.717) is 15.1 Å². The number of fused-ring (bicyclic) bond motifs is 1. The van der Waals surface area contributed by atoms with E-state index in [1.54, 1.807) is 7.05 Å². The Balaban J connectivity index is 1.66. The number of halogens is 1. The number of hydrogen-bond donors (Lipinski definition) is 1. The predicted molar refractivity (Wildman–Crippen MR) is 105 cm³/mol. The van der Waals surface area contributed by atoms with Crippen molar-refractivity contribution in [1.29, 1.82) is 0 Å². The highest BCUT2D eigenvalue weighted by atomic mass is 35.5. The van der Waals surface area contributed by atoms with E-state index >= 15 is 0 Å². The molecule has 1 unspecified atom stereocenters. The summed E-state index contributed by atoms with van der Waals surface area (Å²) in [4.78, 5) is 31.4. The predicted octanol–water partition coefficient (Wildman–Crippen LogP) is 1.88. The molecular formula is C17H18ClN4O4S2+. The van der Waals surface area contributed by atoms with Crippen LogP contribution in [0, 0.1) is 5.92 Å². The second kappa shape index (κ2) is 6.58. The summed E-state index contributed by atoms with van der Waals surface area (Å²) in [6.45, 7) is 1.88. The molecule has 0 radical (unpaired) electrons. The Labute approximate surface area is 171 Å². The molecule has 0 saturated heterocycles. The molecule has 11 heteroatoms. The van der Waals surface area contributed by atoms with Crippen LogP contribution < -0.4 is 4.72 Å². The van der Waals surface area contributed by atoms with Crippen LogP contribution >= 0.6 is 22.9 Å². The van der Waals surface area contributed by atoms with E-state index in [9.17, 15) is 18.0 Å². The number of carbonyl (C=O) groups is 2. The summed E-state index contributed by atoms with van der Waals surface area (Å²) >= 11 is 7.01. The number of hydrogen-bond acceptors (Lipinski definition) is 6. The normalized spacial score (nSPS) is 23.8. The van der Waals surface area contributed by atoms with Crippen molar-refractivity contribution < 1.29 is 22.6 Å². The van der Waals surface area contributed by atoms with Gasteiger partial charge in [0, 0.05) is 11.7 Å². The smallest absolute Gasteiger partial charge is 0.245 e. The van der Waals surface area contributed by atoms with Gasteiger partial charge < -0.3 is 0 Å². The molecule has 148 valence electrons. The highest BCUT2D eigenvalue weighted by molar-refractivity contribution is 7.93. The molecule has 1 aromatic rings. The highest BCUT2D eigenvalue weighted by Gasteiger charge is 2.48. The first-order valence-corrected chi connectivity index (χ1v) is 11.3. The van der Waals surface area contributed by atoms with Crippen molar-refractivity contribution in [2.45, 2.75) is 31.8 Å². The van der Waals surface area contributed by atoms with Crippen LogP contribution in [0.2, 0.25) is 4.47 Å². The fourth-order valence-corrected chi connectivity index (χ4v) is 5.66. The van der Waals surface area contributed by atoms with Crippen LogP contribution in [0.1, 0.15) is 24.6 Å². The average molecular weight is 442 g/mol. The monoisotopic (exact) mass is 441 g/mol. The Kier molecular flexibility index (Phi) is 4.57. The molecule has 2 heterocycles. The first-order valence-electron chi connectivity index (χ1n) is 8.60. The summed E-state index contributed by atoms with van der Waals surface area (Å²) in [6.07, 6.45) is 7.43. The van der Waals surface area contributed by atoms with Gasteiger partial charge >= 0.3 is 11.9 Å². The van der Waals surface area contributed by atoms with Crippen molar-refractivity contribution in [1.82, 2.24) is 14.6 Å². The number of aromatic nitrogens is 1. The van der Waals surface area contributed by atoms with E-state index in [1.165, 1.54) is 40.3 Å². The fraction of sp³-hybridized carbons (Fsp3) is 0.412. The standard InChI is InChI=1S/C17H18ClN4O4S2/c1-17(5-6-17)20-28(25,26)11-3-4-13-12(7-11)14(23)22(16(24)21(13)2)9-10-8-19-15(18)27-10/h3-4,7-8,12,20H,5-6,9H2,1-2H3/q+1. The van der Waals surface area contributed by atoms with E-state index in [-0.39, 0.29) is 11.4 Å². The molecule has 3 aliphatic rings. The highest BCUT2D eigenvalue weighted by Crippen LogP contribution is 2.36. The number of imide groups is 1. The van der Waals surface area contributed by atoms with Crippen molar-refractivity contribution in [3.8, 4) is 0 Å². The number of sulfonamides is 1. The largest absolute Gasteiger partial charge is 0.501 e. The van der Waals surface area contributed by atoms with E-state index in [1.807, 2.05) is 6.92 Å². The summed E-state index contributed by atoms with van der Waals surface area (Å²) < 4.78 is 29.7. The van der Waals surface area contributed by atoms with Crippen molar-refractivity contribution >= 4 is 50.6 Å². The van der Waals surface area contributed by atoms with E-state index < -0.39 is 33.4 Å². The molecule has 8 nitrogen and oxygen atoms in total. The minimum absolute atomic E-state index is 0.0336. The molecule has 3 amide bonds. The third kappa shape index (κ3) is 3.45. The van der Waals surface area contributed by atoms with Crippen LogP contribution in [0.5, 0.6) is 0 Å². The number of thiazole rings is 1. The molecule has 1 saturated carbocycles. The third-order valence-corrected chi connectivity index (χ3v) is 7.79. The maximum atomic E-state index is 13.0. The third-order valence-electron chi connectivity index (χ3n) is 5.04. The van der Waals surface area contributed by atoms with Crippen molar-refractivity contribution in [3.05, 3.63) is 38.7 Å². The molecule has 0 aromatic carbocycles. The quantitative estimate of drug-likeness (QED) is 0.703. The molecule has 0 spiro atoms. The lowest BCUT2D eigenvalue weighted by Gasteiger charge is -2.26. The lowest BCUT2D eigenvalue weighted by Crippen LogP contribution is -2.53. The van der Waals surface area contributed by atoms with Gasteiger partial charge in [-0.2, -0.15) is 14.3 Å². The van der Waals surface area contributed by atoms with Gasteiger partial charge in [0.1, 0.15) is 18.2 Å². The van der Waals surface area contributed by atoms with E-state index in [2.05, 4.69) is 9.71 Å². The molecule has 1 aromatic heterocycles. The first-order chi connectivity index (χ1) is 13.1. The molecule has 1 aliphatic heterocycles. The fourth-order valence-electron chi connectivity index (χ4n) is 3.16. The topological polar surface area (TPSA) is 99.4 Å². The van der Waals surface area contributed by atoms with Crippen molar-refractivity contribution in [2.75, 3.05) is 7.05 Å². The van der Waals surface area contributed by atoms with Crippen molar-refractivity contribution in [3.63, 3.8) is 0 Å². The van der Waals surface area contributed by atoms with E-state index in [0.717, 1.165) is 17.7 Å². The number of carbonyl (C=O) groups excluding carboxylic acids is 2. The maximum Gasteiger partial charge on any atom is 0.501 e. The van der Waals surface area contributed by atoms with Gasteiger partial charge in [-0.1, -0.05) is 11.6 Å². The number of amides is 3. The molecular weight excluding hydrogens is 424 g/mol. The molecule has 1 fully saturated rings. The number of urea groups is 1. The zero-order valence-corrected chi connectivity index (χ0v) is 17.6. The van der Waals surface area contributed by atoms with Gasteiger partial charge in [0.2, 0.25) is 10.0 Å². The molecule has 1 N–H and O–H groups in total. The summed E-state index contributed by atoms with van der Waals surface area (Å²) in [5.74, 6) is -1.33. The Hall–Kier alpha value is -1.88. The summed E-state index contributed by atoms with van der Waals surface area (Å²) in [6, 6.07) is -0.478. The van der Waals surface area contributed by atoms with Gasteiger partial charge in [-0.05, 0) is 38.0 Å². The van der Waals surface area contributed by atoms with Crippen LogP contribution in [0.3, 0.4) is 0 Å². The van der Waals surface area contributed by atoms with Crippen LogP contribution in [-0.2, 0) is 21.4 Å². The van der Waals surface area contributed by atoms with Crippen LogP contribution in [0.4, 0.5) is 4.79 Å². The minimum Gasteiger partial charge on any atom is -0.245 e. The second-order valence-corrected chi connectivity index (χ2v) is 10.7. The Morgan fingerprint density at radius 1 is 1.39 bits per heavy atom. The number of rotatable bonds is 5. The Morgan fingerprint density at radius 3 is 2.71 bits per heavy atom. The van der Waals surface area contributed by atoms with Gasteiger partial charge in [-0.25, -0.2) is 22.9 Å². The second-order valence-electron chi connectivity index (χ2n) is 7.32. The van der Waals surface area contributed by atoms with Gasteiger partial charge in [0.25, 0.3) is 0 Å². The Morgan fingerprint density at radius 2 is 2.11 bits per heavy atom. The molecule has 2 aliphatic carbocycles. The molecule has 28 heavy (non-hydrogen) atoms. The summed E-state index contributed by atoms with van der Waals surface area (Å²) in [5, 5.41) is 0. The van der Waals surface area contributed by atoms with Crippen molar-refractivity contribution in [2.24, 2.45) is 5.92 Å². The van der Waals surface area contributed by atoms with Gasteiger partial charge in [0.05, 0.1) is 16.8 Å². The summed E-state index contributed by atoms with van der Waals surface area (Å²) in [7, 11) is -2.18.